The average Bonchev–Trinajstić information content (AvgIpc) is 2.76. The Balaban J connectivity index is 1.94. The number of hydrogen-bond donors (Lipinski definition) is 1. The van der Waals surface area contributed by atoms with Gasteiger partial charge in [0.1, 0.15) is 11.5 Å². The predicted molar refractivity (Wildman–Crippen MR) is 121 cm³/mol. The molecule has 0 radical (unpaired) electrons. The first kappa shape index (κ1) is 22.4. The summed E-state index contributed by atoms with van der Waals surface area (Å²) in [6, 6.07) is 12.9. The van der Waals surface area contributed by atoms with Crippen molar-refractivity contribution in [1.82, 2.24) is 0 Å². The second-order valence-electron chi connectivity index (χ2n) is 7.18. The standard InChI is InChI=1S/C25H29NO5/c1-4-30-23-13-12-17(15-24(23)31-5-2)14-22(28)25-20(10-7-11-21(25)27)26-18-8-6-9-19(16-18)29-3/h6,8-9,12-13,15-16,28H,4-5,7,10-11,14H2,1-3H3/b25-22-,26-20?. The maximum Gasteiger partial charge on any atom is 0.168 e. The molecule has 0 unspecified atom stereocenters. The largest absolute Gasteiger partial charge is 0.511 e. The third-order valence-corrected chi connectivity index (χ3v) is 4.97. The van der Waals surface area contributed by atoms with Gasteiger partial charge in [0.05, 0.1) is 37.3 Å². The van der Waals surface area contributed by atoms with Crippen LogP contribution in [0.3, 0.4) is 0 Å². The minimum absolute atomic E-state index is 0.0259. The van der Waals surface area contributed by atoms with Crippen LogP contribution >= 0.6 is 0 Å². The molecule has 6 nitrogen and oxygen atoms in total. The summed E-state index contributed by atoms with van der Waals surface area (Å²) in [6.07, 6.45) is 1.97. The molecule has 164 valence electrons. The lowest BCUT2D eigenvalue weighted by Crippen LogP contribution is -2.21. The highest BCUT2D eigenvalue weighted by Gasteiger charge is 2.26. The van der Waals surface area contributed by atoms with Crippen molar-refractivity contribution in [2.45, 2.75) is 39.5 Å². The molecule has 31 heavy (non-hydrogen) atoms. The number of ether oxygens (including phenoxy) is 3. The Morgan fingerprint density at radius 3 is 2.55 bits per heavy atom. The van der Waals surface area contributed by atoms with E-state index in [2.05, 4.69) is 4.99 Å². The number of hydrogen-bond acceptors (Lipinski definition) is 6. The second kappa shape index (κ2) is 10.7. The van der Waals surface area contributed by atoms with Crippen LogP contribution in [0.15, 0.2) is 58.8 Å². The molecule has 1 aliphatic rings. The van der Waals surface area contributed by atoms with Gasteiger partial charge in [-0.05, 0) is 56.5 Å². The van der Waals surface area contributed by atoms with E-state index in [1.165, 1.54) is 0 Å². The van der Waals surface area contributed by atoms with Gasteiger partial charge in [0, 0.05) is 18.9 Å². The van der Waals surface area contributed by atoms with Crippen molar-refractivity contribution in [1.29, 1.82) is 0 Å². The van der Waals surface area contributed by atoms with Gasteiger partial charge >= 0.3 is 0 Å². The van der Waals surface area contributed by atoms with Gasteiger partial charge in [0.25, 0.3) is 0 Å². The van der Waals surface area contributed by atoms with E-state index in [0.29, 0.717) is 60.3 Å². The molecular formula is C25H29NO5. The topological polar surface area (TPSA) is 77.4 Å². The number of allylic oxidation sites excluding steroid dienone is 2. The highest BCUT2D eigenvalue weighted by Crippen LogP contribution is 2.31. The molecule has 0 bridgehead atoms. The van der Waals surface area contributed by atoms with Crippen molar-refractivity contribution in [2.24, 2.45) is 4.99 Å². The molecular weight excluding hydrogens is 394 g/mol. The molecule has 0 spiro atoms. The number of benzene rings is 2. The quantitative estimate of drug-likeness (QED) is 0.456. The lowest BCUT2D eigenvalue weighted by molar-refractivity contribution is -0.115. The molecule has 0 aromatic heterocycles. The maximum atomic E-state index is 12.7. The molecule has 1 saturated carbocycles. The highest BCUT2D eigenvalue weighted by molar-refractivity contribution is 6.24. The summed E-state index contributed by atoms with van der Waals surface area (Å²) in [7, 11) is 1.60. The van der Waals surface area contributed by atoms with E-state index < -0.39 is 0 Å². The van der Waals surface area contributed by atoms with Gasteiger partial charge in [0.2, 0.25) is 0 Å². The number of rotatable bonds is 8. The fourth-order valence-electron chi connectivity index (χ4n) is 3.59. The third kappa shape index (κ3) is 5.66. The van der Waals surface area contributed by atoms with Crippen molar-refractivity contribution in [3.8, 4) is 17.2 Å². The van der Waals surface area contributed by atoms with Gasteiger partial charge in [-0.3, -0.25) is 9.79 Å². The van der Waals surface area contributed by atoms with Crippen molar-refractivity contribution >= 4 is 17.2 Å². The first-order valence-electron chi connectivity index (χ1n) is 10.6. The normalized spacial score (nSPS) is 16.9. The molecule has 1 fully saturated rings. The molecule has 0 aliphatic heterocycles. The van der Waals surface area contributed by atoms with Gasteiger partial charge in [-0.25, -0.2) is 0 Å². The van der Waals surface area contributed by atoms with Crippen LogP contribution in [0.5, 0.6) is 17.2 Å². The van der Waals surface area contributed by atoms with Crippen molar-refractivity contribution in [3.05, 3.63) is 59.4 Å². The fourth-order valence-corrected chi connectivity index (χ4v) is 3.59. The Kier molecular flexibility index (Phi) is 7.70. The van der Waals surface area contributed by atoms with E-state index in [-0.39, 0.29) is 18.0 Å². The van der Waals surface area contributed by atoms with Gasteiger partial charge in [-0.15, -0.1) is 0 Å². The second-order valence-corrected chi connectivity index (χ2v) is 7.18. The third-order valence-electron chi connectivity index (χ3n) is 4.97. The number of aliphatic imine (C=N–C) groups is 1. The number of aliphatic hydroxyl groups excluding tert-OH is 1. The summed E-state index contributed by atoms with van der Waals surface area (Å²) in [6.45, 7) is 4.86. The zero-order valence-electron chi connectivity index (χ0n) is 18.3. The number of carbonyl (C=O) groups excluding carboxylic acids is 1. The molecule has 6 heteroatoms. The smallest absolute Gasteiger partial charge is 0.168 e. The van der Waals surface area contributed by atoms with Crippen LogP contribution in [0.2, 0.25) is 0 Å². The minimum Gasteiger partial charge on any atom is -0.511 e. The van der Waals surface area contributed by atoms with Crippen LogP contribution in [0.1, 0.15) is 38.7 Å². The molecule has 1 aliphatic carbocycles. The minimum atomic E-state index is -0.0821. The number of methoxy groups -OCH3 is 1. The molecule has 0 amide bonds. The molecule has 3 rings (SSSR count). The van der Waals surface area contributed by atoms with E-state index >= 15 is 0 Å². The molecule has 1 N–H and O–H groups in total. The molecule has 0 saturated heterocycles. The lowest BCUT2D eigenvalue weighted by atomic mass is 9.89. The monoisotopic (exact) mass is 423 g/mol. The molecule has 2 aromatic rings. The van der Waals surface area contributed by atoms with Gasteiger partial charge in [-0.1, -0.05) is 12.1 Å². The summed E-state index contributed by atoms with van der Waals surface area (Å²) in [5, 5.41) is 10.9. The summed E-state index contributed by atoms with van der Waals surface area (Å²) < 4.78 is 16.5. The van der Waals surface area contributed by atoms with Crippen molar-refractivity contribution in [2.75, 3.05) is 20.3 Å². The number of ketones is 1. The lowest BCUT2D eigenvalue weighted by Gasteiger charge is -2.18. The van der Waals surface area contributed by atoms with E-state index in [0.717, 1.165) is 12.0 Å². The van der Waals surface area contributed by atoms with Gasteiger partial charge in [-0.2, -0.15) is 0 Å². The number of Topliss-reactive ketones (excluding diaryl/α,β-unsaturated/α-hetero) is 1. The fraction of sp³-hybridized carbons (Fsp3) is 0.360. The van der Waals surface area contributed by atoms with Crippen LogP contribution in [0.4, 0.5) is 5.69 Å². The Morgan fingerprint density at radius 1 is 1.03 bits per heavy atom. The Bertz CT molecular complexity index is 993. The van der Waals surface area contributed by atoms with Crippen LogP contribution in [-0.2, 0) is 11.2 Å². The summed E-state index contributed by atoms with van der Waals surface area (Å²) in [4.78, 5) is 17.4. The van der Waals surface area contributed by atoms with E-state index in [1.54, 1.807) is 7.11 Å². The summed E-state index contributed by atoms with van der Waals surface area (Å²) in [5.74, 6) is 1.92. The molecule has 0 heterocycles. The van der Waals surface area contributed by atoms with Gasteiger partial charge in [0.15, 0.2) is 17.3 Å². The van der Waals surface area contributed by atoms with E-state index in [1.807, 2.05) is 56.3 Å². The van der Waals surface area contributed by atoms with Crippen molar-refractivity contribution in [3.63, 3.8) is 0 Å². The predicted octanol–water partition coefficient (Wildman–Crippen LogP) is 5.37. The summed E-state index contributed by atoms with van der Waals surface area (Å²) in [5.41, 5.74) is 2.45. The Hall–Kier alpha value is -3.28. The van der Waals surface area contributed by atoms with E-state index in [9.17, 15) is 9.90 Å². The molecule has 2 aromatic carbocycles. The number of nitrogens with zero attached hydrogens (tertiary/aromatic N) is 1. The first-order valence-corrected chi connectivity index (χ1v) is 10.6. The number of carbonyl (C=O) groups is 1. The van der Waals surface area contributed by atoms with Crippen LogP contribution < -0.4 is 14.2 Å². The van der Waals surface area contributed by atoms with E-state index in [4.69, 9.17) is 14.2 Å². The zero-order valence-corrected chi connectivity index (χ0v) is 18.3. The van der Waals surface area contributed by atoms with Crippen LogP contribution in [0.25, 0.3) is 0 Å². The van der Waals surface area contributed by atoms with Crippen molar-refractivity contribution < 1.29 is 24.1 Å². The zero-order chi connectivity index (χ0) is 22.2. The SMILES string of the molecule is CCOc1ccc(C/C(O)=C2/C(=O)CCCC2=Nc2cccc(OC)c2)cc1OCC. The Morgan fingerprint density at radius 2 is 1.81 bits per heavy atom. The molecule has 0 atom stereocenters. The first-order chi connectivity index (χ1) is 15.0. The average molecular weight is 424 g/mol. The number of aliphatic hydroxyl groups is 1. The summed E-state index contributed by atoms with van der Waals surface area (Å²) >= 11 is 0. The van der Waals surface area contributed by atoms with Gasteiger partial charge < -0.3 is 19.3 Å². The maximum absolute atomic E-state index is 12.7. The van der Waals surface area contributed by atoms with Crippen LogP contribution in [-0.4, -0.2) is 36.9 Å². The highest BCUT2D eigenvalue weighted by atomic mass is 16.5. The Labute approximate surface area is 183 Å². The van der Waals surface area contributed by atoms with Crippen LogP contribution in [0, 0.1) is 0 Å².